The van der Waals surface area contributed by atoms with Crippen LogP contribution in [0.3, 0.4) is 0 Å². The molecule has 19 heavy (non-hydrogen) atoms. The number of thiophene rings is 1. The van der Waals surface area contributed by atoms with Crippen LogP contribution in [-0.4, -0.2) is 6.04 Å². The lowest BCUT2D eigenvalue weighted by Gasteiger charge is -2.16. The molecule has 0 fully saturated rings. The molecule has 0 spiro atoms. The molecule has 2 heteroatoms. The van der Waals surface area contributed by atoms with Crippen molar-refractivity contribution in [2.75, 3.05) is 0 Å². The first-order chi connectivity index (χ1) is 9.06. The standard InChI is InChI=1S/C17H23NS/c1-12-8-13(2)17(14(3)9-12)11-18-15(4)10-16-6-5-7-19-16/h5-9,15,18H,10-11H2,1-4H3. The third-order valence-corrected chi connectivity index (χ3v) is 4.45. The third-order valence-electron chi connectivity index (χ3n) is 3.56. The van der Waals surface area contributed by atoms with Crippen molar-refractivity contribution in [2.45, 2.75) is 46.7 Å². The van der Waals surface area contributed by atoms with E-state index in [2.05, 4.69) is 62.7 Å². The van der Waals surface area contributed by atoms with Crippen molar-refractivity contribution < 1.29 is 0 Å². The molecule has 0 bridgehead atoms. The van der Waals surface area contributed by atoms with Gasteiger partial charge >= 0.3 is 0 Å². The molecule has 1 heterocycles. The normalized spacial score (nSPS) is 12.6. The molecule has 1 aromatic heterocycles. The summed E-state index contributed by atoms with van der Waals surface area (Å²) in [6, 6.07) is 9.40. The molecule has 0 amide bonds. The summed E-state index contributed by atoms with van der Waals surface area (Å²) in [5.74, 6) is 0. The third kappa shape index (κ3) is 3.92. The Balaban J connectivity index is 1.95. The van der Waals surface area contributed by atoms with Crippen LogP contribution in [0.15, 0.2) is 29.6 Å². The maximum atomic E-state index is 3.64. The number of aryl methyl sites for hydroxylation is 3. The molecule has 1 N–H and O–H groups in total. The molecule has 102 valence electrons. The Morgan fingerprint density at radius 3 is 2.42 bits per heavy atom. The largest absolute Gasteiger partial charge is 0.310 e. The van der Waals surface area contributed by atoms with Gasteiger partial charge in [0.2, 0.25) is 0 Å². The van der Waals surface area contributed by atoms with Crippen molar-refractivity contribution in [3.8, 4) is 0 Å². The van der Waals surface area contributed by atoms with Crippen molar-refractivity contribution in [1.82, 2.24) is 5.32 Å². The Morgan fingerprint density at radius 1 is 1.16 bits per heavy atom. The lowest BCUT2D eigenvalue weighted by Crippen LogP contribution is -2.27. The van der Waals surface area contributed by atoms with E-state index in [-0.39, 0.29) is 0 Å². The molecular formula is C17H23NS. The van der Waals surface area contributed by atoms with E-state index in [1.54, 1.807) is 0 Å². The zero-order valence-electron chi connectivity index (χ0n) is 12.3. The van der Waals surface area contributed by atoms with Gasteiger partial charge in [0.15, 0.2) is 0 Å². The first kappa shape index (κ1) is 14.3. The predicted molar refractivity (Wildman–Crippen MR) is 85.0 cm³/mol. The summed E-state index contributed by atoms with van der Waals surface area (Å²) in [5.41, 5.74) is 5.59. The Labute approximate surface area is 120 Å². The zero-order valence-corrected chi connectivity index (χ0v) is 13.1. The van der Waals surface area contributed by atoms with Crippen LogP contribution in [0.5, 0.6) is 0 Å². The fourth-order valence-electron chi connectivity index (χ4n) is 2.57. The van der Waals surface area contributed by atoms with Crippen LogP contribution < -0.4 is 5.32 Å². The molecule has 0 aliphatic rings. The van der Waals surface area contributed by atoms with Crippen molar-refractivity contribution in [3.05, 3.63) is 56.8 Å². The summed E-state index contributed by atoms with van der Waals surface area (Å²) in [5, 5.41) is 5.79. The fraction of sp³-hybridized carbons (Fsp3) is 0.412. The monoisotopic (exact) mass is 273 g/mol. The van der Waals surface area contributed by atoms with Gasteiger partial charge in [0.1, 0.15) is 0 Å². The van der Waals surface area contributed by atoms with E-state index < -0.39 is 0 Å². The molecule has 1 nitrogen and oxygen atoms in total. The fourth-order valence-corrected chi connectivity index (χ4v) is 3.40. The average Bonchev–Trinajstić information content (AvgIpc) is 2.80. The van der Waals surface area contributed by atoms with E-state index in [9.17, 15) is 0 Å². The van der Waals surface area contributed by atoms with Gasteiger partial charge in [-0.15, -0.1) is 11.3 Å². The van der Waals surface area contributed by atoms with Gasteiger partial charge < -0.3 is 5.32 Å². The summed E-state index contributed by atoms with van der Waals surface area (Å²) >= 11 is 1.84. The second-order valence-electron chi connectivity index (χ2n) is 5.44. The molecule has 0 aliphatic heterocycles. The smallest absolute Gasteiger partial charge is 0.0213 e. The van der Waals surface area contributed by atoms with Crippen molar-refractivity contribution in [2.24, 2.45) is 0 Å². The van der Waals surface area contributed by atoms with Gasteiger partial charge in [0.05, 0.1) is 0 Å². The van der Waals surface area contributed by atoms with E-state index in [1.807, 2.05) is 11.3 Å². The maximum absolute atomic E-state index is 3.64. The lowest BCUT2D eigenvalue weighted by molar-refractivity contribution is 0.546. The van der Waals surface area contributed by atoms with Gasteiger partial charge in [-0.3, -0.25) is 0 Å². The number of rotatable bonds is 5. The first-order valence-electron chi connectivity index (χ1n) is 6.88. The molecule has 0 saturated heterocycles. The second-order valence-corrected chi connectivity index (χ2v) is 6.47. The highest BCUT2D eigenvalue weighted by Gasteiger charge is 2.07. The van der Waals surface area contributed by atoms with Gasteiger partial charge in [-0.25, -0.2) is 0 Å². The van der Waals surface area contributed by atoms with Crippen molar-refractivity contribution in [3.63, 3.8) is 0 Å². The maximum Gasteiger partial charge on any atom is 0.0213 e. The zero-order chi connectivity index (χ0) is 13.8. The Morgan fingerprint density at radius 2 is 1.84 bits per heavy atom. The highest BCUT2D eigenvalue weighted by Crippen LogP contribution is 2.17. The van der Waals surface area contributed by atoms with Crippen LogP contribution >= 0.6 is 11.3 Å². The number of hydrogen-bond donors (Lipinski definition) is 1. The van der Waals surface area contributed by atoms with Crippen LogP contribution in [0.25, 0.3) is 0 Å². The van der Waals surface area contributed by atoms with E-state index in [1.165, 1.54) is 27.1 Å². The van der Waals surface area contributed by atoms with Crippen LogP contribution in [0, 0.1) is 20.8 Å². The molecule has 0 saturated carbocycles. The van der Waals surface area contributed by atoms with E-state index in [4.69, 9.17) is 0 Å². The molecule has 0 aliphatic carbocycles. The van der Waals surface area contributed by atoms with Gasteiger partial charge in [-0.2, -0.15) is 0 Å². The predicted octanol–water partition coefficient (Wildman–Crippen LogP) is 4.39. The van der Waals surface area contributed by atoms with Gasteiger partial charge in [-0.05, 0) is 62.3 Å². The minimum absolute atomic E-state index is 0.513. The average molecular weight is 273 g/mol. The second kappa shape index (κ2) is 6.36. The van der Waals surface area contributed by atoms with Crippen molar-refractivity contribution in [1.29, 1.82) is 0 Å². The molecule has 1 unspecified atom stereocenters. The summed E-state index contributed by atoms with van der Waals surface area (Å²) in [7, 11) is 0. The lowest BCUT2D eigenvalue weighted by atomic mass is 9.99. The number of hydrogen-bond acceptors (Lipinski definition) is 2. The molecule has 0 radical (unpaired) electrons. The Hall–Kier alpha value is -1.12. The molecule has 2 rings (SSSR count). The Kier molecular flexibility index (Phi) is 4.78. The first-order valence-corrected chi connectivity index (χ1v) is 7.76. The molecule has 2 aromatic rings. The summed E-state index contributed by atoms with van der Waals surface area (Å²) in [4.78, 5) is 1.46. The van der Waals surface area contributed by atoms with Crippen LogP contribution in [-0.2, 0) is 13.0 Å². The quantitative estimate of drug-likeness (QED) is 0.851. The van der Waals surface area contributed by atoms with Gasteiger partial charge in [-0.1, -0.05) is 23.8 Å². The molecule has 1 atom stereocenters. The highest BCUT2D eigenvalue weighted by molar-refractivity contribution is 7.09. The molecular weight excluding hydrogens is 250 g/mol. The minimum atomic E-state index is 0.513. The SMILES string of the molecule is Cc1cc(C)c(CNC(C)Cc2cccs2)c(C)c1. The summed E-state index contributed by atoms with van der Waals surface area (Å²) in [6.45, 7) is 9.81. The van der Waals surface area contributed by atoms with Gasteiger partial charge in [0, 0.05) is 17.5 Å². The van der Waals surface area contributed by atoms with Crippen LogP contribution in [0.4, 0.5) is 0 Å². The van der Waals surface area contributed by atoms with Gasteiger partial charge in [0.25, 0.3) is 0 Å². The Bertz CT molecular complexity index is 505. The van der Waals surface area contributed by atoms with E-state index in [0.29, 0.717) is 6.04 Å². The number of nitrogens with one attached hydrogen (secondary N) is 1. The van der Waals surface area contributed by atoms with Crippen molar-refractivity contribution >= 4 is 11.3 Å². The minimum Gasteiger partial charge on any atom is -0.310 e. The van der Waals surface area contributed by atoms with E-state index in [0.717, 1.165) is 13.0 Å². The number of benzene rings is 1. The van der Waals surface area contributed by atoms with Crippen LogP contribution in [0.2, 0.25) is 0 Å². The van der Waals surface area contributed by atoms with E-state index >= 15 is 0 Å². The van der Waals surface area contributed by atoms with Crippen LogP contribution in [0.1, 0.15) is 34.1 Å². The highest BCUT2D eigenvalue weighted by atomic mass is 32.1. The summed E-state index contributed by atoms with van der Waals surface area (Å²) < 4.78 is 0. The summed E-state index contributed by atoms with van der Waals surface area (Å²) in [6.07, 6.45) is 1.11. The topological polar surface area (TPSA) is 12.0 Å². The molecule has 1 aromatic carbocycles.